The average molecular weight is 341 g/mol. The quantitative estimate of drug-likeness (QED) is 0.801. The Morgan fingerprint density at radius 3 is 2.85 bits per heavy atom. The Morgan fingerprint density at radius 1 is 1.40 bits per heavy atom. The predicted molar refractivity (Wildman–Crippen MR) is 83.7 cm³/mol. The highest BCUT2D eigenvalue weighted by molar-refractivity contribution is 9.10. The van der Waals surface area contributed by atoms with Crippen LogP contribution in [0.3, 0.4) is 0 Å². The Kier molecular flexibility index (Phi) is 5.67. The van der Waals surface area contributed by atoms with Crippen molar-refractivity contribution in [2.24, 2.45) is 0 Å². The topological polar surface area (TPSA) is 46.2 Å². The van der Waals surface area contributed by atoms with Crippen LogP contribution in [0.2, 0.25) is 0 Å². The minimum atomic E-state index is 0.648. The summed E-state index contributed by atoms with van der Waals surface area (Å²) in [7, 11) is 0. The largest absolute Gasteiger partial charge is 0.466 e. The molecule has 0 aliphatic carbocycles. The van der Waals surface area contributed by atoms with E-state index in [2.05, 4.69) is 45.1 Å². The molecule has 0 atom stereocenters. The van der Waals surface area contributed by atoms with Gasteiger partial charge in [0.25, 0.3) is 0 Å². The van der Waals surface area contributed by atoms with Crippen LogP contribution < -0.4 is 5.32 Å². The number of hydrogen-bond acceptors (Lipinski definition) is 4. The zero-order chi connectivity index (χ0) is 14.4. The van der Waals surface area contributed by atoms with E-state index in [1.165, 1.54) is 0 Å². The molecule has 0 radical (unpaired) electrons. The Morgan fingerprint density at radius 2 is 2.20 bits per heavy atom. The van der Waals surface area contributed by atoms with Crippen LogP contribution >= 0.6 is 15.9 Å². The van der Waals surface area contributed by atoms with Gasteiger partial charge in [-0.25, -0.2) is 0 Å². The molecule has 2 aromatic heterocycles. The van der Waals surface area contributed by atoms with Crippen molar-refractivity contribution < 1.29 is 4.42 Å². The van der Waals surface area contributed by atoms with Crippen LogP contribution in [0.15, 0.2) is 33.6 Å². The van der Waals surface area contributed by atoms with Crippen molar-refractivity contribution in [3.63, 3.8) is 0 Å². The maximum absolute atomic E-state index is 5.36. The van der Waals surface area contributed by atoms with Crippen LogP contribution in [0.5, 0.6) is 0 Å². The first-order valence-electron chi connectivity index (χ1n) is 6.93. The summed E-state index contributed by atoms with van der Waals surface area (Å²) in [5.74, 6) is 0.890. The molecule has 110 valence electrons. The Balaban J connectivity index is 1.81. The lowest BCUT2D eigenvalue weighted by atomic mass is 10.4. The van der Waals surface area contributed by atoms with Crippen molar-refractivity contribution in [1.82, 2.24) is 14.7 Å². The maximum atomic E-state index is 5.36. The summed E-state index contributed by atoms with van der Waals surface area (Å²) in [6, 6.07) is 1.89. The van der Waals surface area contributed by atoms with Crippen LogP contribution in [-0.4, -0.2) is 34.3 Å². The second kappa shape index (κ2) is 7.50. The van der Waals surface area contributed by atoms with E-state index in [1.54, 1.807) is 6.26 Å². The van der Waals surface area contributed by atoms with Crippen molar-refractivity contribution in [3.8, 4) is 0 Å². The fourth-order valence-electron chi connectivity index (χ4n) is 1.99. The van der Waals surface area contributed by atoms with Gasteiger partial charge in [-0.05, 0) is 35.1 Å². The summed E-state index contributed by atoms with van der Waals surface area (Å²) in [6.45, 7) is 9.10. The molecule has 20 heavy (non-hydrogen) atoms. The van der Waals surface area contributed by atoms with E-state index in [4.69, 9.17) is 4.42 Å². The van der Waals surface area contributed by atoms with Crippen LogP contribution in [0.1, 0.15) is 19.6 Å². The van der Waals surface area contributed by atoms with Crippen molar-refractivity contribution in [2.75, 3.05) is 25.0 Å². The van der Waals surface area contributed by atoms with E-state index in [0.717, 1.165) is 42.1 Å². The molecule has 0 aromatic carbocycles. The SMILES string of the molecule is CCN(CC)CCn1cc(NCc2occc2Br)cn1. The third-order valence-electron chi connectivity index (χ3n) is 3.32. The van der Waals surface area contributed by atoms with Gasteiger partial charge < -0.3 is 14.6 Å². The first-order chi connectivity index (χ1) is 9.72. The molecular formula is C14H21BrN4O. The molecule has 0 unspecified atom stereocenters. The average Bonchev–Trinajstić information content (AvgIpc) is 3.07. The Bertz CT molecular complexity index is 519. The van der Waals surface area contributed by atoms with E-state index in [-0.39, 0.29) is 0 Å². The maximum Gasteiger partial charge on any atom is 0.136 e. The molecule has 0 amide bonds. The second-order valence-electron chi connectivity index (χ2n) is 4.56. The molecule has 1 N–H and O–H groups in total. The first kappa shape index (κ1) is 15.1. The number of halogens is 1. The van der Waals surface area contributed by atoms with Crippen molar-refractivity contribution >= 4 is 21.6 Å². The van der Waals surface area contributed by atoms with Gasteiger partial charge in [-0.1, -0.05) is 13.8 Å². The molecule has 6 heteroatoms. The van der Waals surface area contributed by atoms with Gasteiger partial charge in [-0.2, -0.15) is 5.10 Å². The highest BCUT2D eigenvalue weighted by Gasteiger charge is 2.05. The smallest absolute Gasteiger partial charge is 0.136 e. The summed E-state index contributed by atoms with van der Waals surface area (Å²) in [6.07, 6.45) is 5.55. The normalized spacial score (nSPS) is 11.2. The van der Waals surface area contributed by atoms with Crippen molar-refractivity contribution in [2.45, 2.75) is 26.9 Å². The molecule has 0 aliphatic rings. The van der Waals surface area contributed by atoms with E-state index >= 15 is 0 Å². The summed E-state index contributed by atoms with van der Waals surface area (Å²) < 4.78 is 8.31. The van der Waals surface area contributed by atoms with Crippen LogP contribution in [0.25, 0.3) is 0 Å². The van der Waals surface area contributed by atoms with Gasteiger partial charge >= 0.3 is 0 Å². The lowest BCUT2D eigenvalue weighted by Crippen LogP contribution is -2.27. The van der Waals surface area contributed by atoms with E-state index in [0.29, 0.717) is 6.54 Å². The minimum Gasteiger partial charge on any atom is -0.466 e. The molecule has 2 aromatic rings. The summed E-state index contributed by atoms with van der Waals surface area (Å²) in [5.41, 5.74) is 1.01. The van der Waals surface area contributed by atoms with E-state index < -0.39 is 0 Å². The highest BCUT2D eigenvalue weighted by Crippen LogP contribution is 2.18. The molecule has 0 spiro atoms. The minimum absolute atomic E-state index is 0.648. The van der Waals surface area contributed by atoms with Gasteiger partial charge in [0.15, 0.2) is 0 Å². The standard InChI is InChI=1S/C14H21BrN4O/c1-3-18(4-2)6-7-19-11-12(9-17-19)16-10-14-13(15)5-8-20-14/h5,8-9,11,16H,3-4,6-7,10H2,1-2H3. The predicted octanol–water partition coefficient (Wildman–Crippen LogP) is 3.19. The lowest BCUT2D eigenvalue weighted by molar-refractivity contribution is 0.285. The van der Waals surface area contributed by atoms with E-state index in [1.807, 2.05) is 23.1 Å². The Hall–Kier alpha value is -1.27. The number of rotatable bonds is 8. The van der Waals surface area contributed by atoms with E-state index in [9.17, 15) is 0 Å². The fourth-order valence-corrected chi connectivity index (χ4v) is 2.34. The molecule has 0 aliphatic heterocycles. The highest BCUT2D eigenvalue weighted by atomic mass is 79.9. The number of nitrogens with zero attached hydrogens (tertiary/aromatic N) is 3. The molecule has 0 bridgehead atoms. The number of furan rings is 1. The number of anilines is 1. The van der Waals surface area contributed by atoms with Gasteiger partial charge in [-0.3, -0.25) is 4.68 Å². The summed E-state index contributed by atoms with van der Waals surface area (Å²) in [5, 5.41) is 7.67. The molecular weight excluding hydrogens is 320 g/mol. The lowest BCUT2D eigenvalue weighted by Gasteiger charge is -2.17. The van der Waals surface area contributed by atoms with Gasteiger partial charge in [-0.15, -0.1) is 0 Å². The third-order valence-corrected chi connectivity index (χ3v) is 4.02. The van der Waals surface area contributed by atoms with Gasteiger partial charge in [0.1, 0.15) is 5.76 Å². The van der Waals surface area contributed by atoms with Crippen LogP contribution in [0, 0.1) is 0 Å². The van der Waals surface area contributed by atoms with Gasteiger partial charge in [0.05, 0.1) is 35.7 Å². The summed E-state index contributed by atoms with van der Waals surface area (Å²) in [4.78, 5) is 2.38. The number of hydrogen-bond donors (Lipinski definition) is 1. The second-order valence-corrected chi connectivity index (χ2v) is 5.42. The van der Waals surface area contributed by atoms with Crippen molar-refractivity contribution in [1.29, 1.82) is 0 Å². The molecule has 0 saturated heterocycles. The zero-order valence-electron chi connectivity index (χ0n) is 12.0. The van der Waals surface area contributed by atoms with Crippen LogP contribution in [-0.2, 0) is 13.1 Å². The number of nitrogens with one attached hydrogen (secondary N) is 1. The fraction of sp³-hybridized carbons (Fsp3) is 0.500. The Labute approximate surface area is 128 Å². The molecule has 0 fully saturated rings. The van der Waals surface area contributed by atoms with Crippen molar-refractivity contribution in [3.05, 3.63) is 35.0 Å². The van der Waals surface area contributed by atoms with Gasteiger partial charge in [0, 0.05) is 12.7 Å². The molecule has 0 saturated carbocycles. The molecule has 2 rings (SSSR count). The zero-order valence-corrected chi connectivity index (χ0v) is 13.6. The first-order valence-corrected chi connectivity index (χ1v) is 7.72. The summed E-state index contributed by atoms with van der Waals surface area (Å²) >= 11 is 3.44. The third kappa shape index (κ3) is 4.11. The number of likely N-dealkylation sites (N-methyl/N-ethyl adjacent to an activating group) is 1. The van der Waals surface area contributed by atoms with Gasteiger partial charge in [0.2, 0.25) is 0 Å². The van der Waals surface area contributed by atoms with Crippen LogP contribution in [0.4, 0.5) is 5.69 Å². The molecule has 5 nitrogen and oxygen atoms in total. The molecule has 2 heterocycles. The monoisotopic (exact) mass is 340 g/mol. The number of aromatic nitrogens is 2.